The number of ether oxygens (including phenoxy) is 4. The van der Waals surface area contributed by atoms with Crippen molar-refractivity contribution in [2.75, 3.05) is 20.0 Å². The average Bonchev–Trinajstić information content (AvgIpc) is 3.43. The molecule has 198 valence electrons. The molecule has 2 unspecified atom stereocenters. The van der Waals surface area contributed by atoms with Crippen LogP contribution in [0.1, 0.15) is 42.7 Å². The molecule has 7 nitrogen and oxygen atoms in total. The summed E-state index contributed by atoms with van der Waals surface area (Å²) >= 11 is 0. The second kappa shape index (κ2) is 10.7. The molecule has 0 bridgehead atoms. The molecule has 0 radical (unpaired) electrons. The second-order valence-electron chi connectivity index (χ2n) is 9.84. The number of carbonyl (C=O) groups is 2. The third kappa shape index (κ3) is 5.00. The van der Waals surface area contributed by atoms with Gasteiger partial charge in [0.25, 0.3) is 0 Å². The number of carbonyl (C=O) groups excluding carboxylic acids is 2. The van der Waals surface area contributed by atoms with Crippen molar-refractivity contribution in [1.82, 2.24) is 5.32 Å². The summed E-state index contributed by atoms with van der Waals surface area (Å²) in [5, 5.41) is 3.40. The summed E-state index contributed by atoms with van der Waals surface area (Å²) in [7, 11) is 0. The number of ketones is 1. The van der Waals surface area contributed by atoms with E-state index in [1.54, 1.807) is 0 Å². The molecular formula is C32H29NO6. The van der Waals surface area contributed by atoms with E-state index in [0.29, 0.717) is 46.9 Å². The second-order valence-corrected chi connectivity index (χ2v) is 9.84. The number of nitrogens with one attached hydrogen (secondary N) is 1. The summed E-state index contributed by atoms with van der Waals surface area (Å²) in [6, 6.07) is 25.0. The Hall–Kier alpha value is -4.52. The van der Waals surface area contributed by atoms with E-state index in [1.165, 1.54) is 0 Å². The quantitative estimate of drug-likeness (QED) is 0.328. The predicted molar refractivity (Wildman–Crippen MR) is 144 cm³/mol. The van der Waals surface area contributed by atoms with Crippen LogP contribution in [0, 0.1) is 0 Å². The minimum absolute atomic E-state index is 0.0190. The molecule has 6 rings (SSSR count). The molecule has 7 heteroatoms. The molecule has 0 spiro atoms. The molecular weight excluding hydrogens is 494 g/mol. The number of benzene rings is 3. The Morgan fingerprint density at radius 2 is 1.64 bits per heavy atom. The fourth-order valence-corrected chi connectivity index (χ4v) is 5.58. The summed E-state index contributed by atoms with van der Waals surface area (Å²) in [5.74, 6) is 0.969. The van der Waals surface area contributed by atoms with E-state index in [-0.39, 0.29) is 31.7 Å². The Kier molecular flexibility index (Phi) is 6.80. The lowest BCUT2D eigenvalue weighted by Crippen LogP contribution is -2.36. The predicted octanol–water partition coefficient (Wildman–Crippen LogP) is 5.40. The monoisotopic (exact) mass is 523 g/mol. The van der Waals surface area contributed by atoms with Crippen molar-refractivity contribution in [3.8, 4) is 17.2 Å². The first-order valence-corrected chi connectivity index (χ1v) is 13.1. The first-order chi connectivity index (χ1) is 19.1. The Labute approximate surface area is 227 Å². The smallest absolute Gasteiger partial charge is 0.336 e. The molecule has 2 heterocycles. The summed E-state index contributed by atoms with van der Waals surface area (Å²) in [4.78, 5) is 27.3. The van der Waals surface area contributed by atoms with Crippen LogP contribution in [0.2, 0.25) is 0 Å². The van der Waals surface area contributed by atoms with Gasteiger partial charge in [-0.2, -0.15) is 0 Å². The largest absolute Gasteiger partial charge is 0.490 e. The standard InChI is InChI=1S/C32H29NO6/c1-20-29(32(35)37-15-14-36-24-10-6-3-7-11-24)30(22-12-13-27-28(18-22)39-19-38-27)31-25(33-20)16-23(17-26(31)34)21-8-4-2-5-9-21/h2-13,18,23,30,33H,14-17,19H2,1H3. The fraction of sp³-hybridized carbons (Fsp3) is 0.250. The number of para-hydroxylation sites is 1. The molecule has 2 aliphatic heterocycles. The summed E-state index contributed by atoms with van der Waals surface area (Å²) in [5.41, 5.74) is 4.46. The van der Waals surface area contributed by atoms with Crippen molar-refractivity contribution in [1.29, 1.82) is 0 Å². The van der Waals surface area contributed by atoms with E-state index >= 15 is 0 Å². The molecule has 1 aliphatic carbocycles. The van der Waals surface area contributed by atoms with Crippen molar-refractivity contribution in [2.24, 2.45) is 0 Å². The third-order valence-electron chi connectivity index (χ3n) is 7.38. The van der Waals surface area contributed by atoms with Gasteiger partial charge in [-0.25, -0.2) is 4.79 Å². The van der Waals surface area contributed by atoms with E-state index in [2.05, 4.69) is 17.4 Å². The zero-order valence-electron chi connectivity index (χ0n) is 21.6. The van der Waals surface area contributed by atoms with Crippen LogP contribution in [0.3, 0.4) is 0 Å². The molecule has 0 saturated heterocycles. The van der Waals surface area contributed by atoms with Gasteiger partial charge in [0.15, 0.2) is 17.3 Å². The van der Waals surface area contributed by atoms with Gasteiger partial charge in [-0.15, -0.1) is 0 Å². The van der Waals surface area contributed by atoms with Gasteiger partial charge in [0.1, 0.15) is 19.0 Å². The Balaban J connectivity index is 1.30. The molecule has 3 aromatic rings. The van der Waals surface area contributed by atoms with E-state index < -0.39 is 11.9 Å². The van der Waals surface area contributed by atoms with Crippen LogP contribution in [0.25, 0.3) is 0 Å². The SMILES string of the molecule is CC1=C(C(=O)OCCOc2ccccc2)C(c2ccc3c(c2)OCO3)C2=C(CC(c3ccccc3)CC2=O)N1. The van der Waals surface area contributed by atoms with Gasteiger partial charge in [0, 0.05) is 29.3 Å². The highest BCUT2D eigenvalue weighted by Gasteiger charge is 2.41. The number of rotatable bonds is 7. The number of allylic oxidation sites excluding steroid dienone is 3. The molecule has 3 aromatic carbocycles. The summed E-state index contributed by atoms with van der Waals surface area (Å²) in [6.07, 6.45) is 1.05. The van der Waals surface area contributed by atoms with Crippen molar-refractivity contribution in [2.45, 2.75) is 31.6 Å². The van der Waals surface area contributed by atoms with Crippen molar-refractivity contribution < 1.29 is 28.5 Å². The molecule has 0 saturated carbocycles. The normalized spacial score (nSPS) is 19.9. The number of dihydropyridines is 1. The lowest BCUT2D eigenvalue weighted by molar-refractivity contribution is -0.140. The summed E-state index contributed by atoms with van der Waals surface area (Å²) < 4.78 is 22.5. The first-order valence-electron chi connectivity index (χ1n) is 13.1. The van der Waals surface area contributed by atoms with E-state index in [0.717, 1.165) is 16.8 Å². The average molecular weight is 524 g/mol. The maximum atomic E-state index is 13.8. The number of hydrogen-bond donors (Lipinski definition) is 1. The maximum Gasteiger partial charge on any atom is 0.336 e. The van der Waals surface area contributed by atoms with Crippen LogP contribution < -0.4 is 19.5 Å². The minimum atomic E-state index is -0.581. The Morgan fingerprint density at radius 3 is 2.44 bits per heavy atom. The van der Waals surface area contributed by atoms with Gasteiger partial charge < -0.3 is 24.3 Å². The highest BCUT2D eigenvalue weighted by molar-refractivity contribution is 6.04. The fourth-order valence-electron chi connectivity index (χ4n) is 5.58. The molecule has 0 fully saturated rings. The van der Waals surface area contributed by atoms with Crippen LogP contribution in [-0.2, 0) is 14.3 Å². The minimum Gasteiger partial charge on any atom is -0.490 e. The first kappa shape index (κ1) is 24.8. The van der Waals surface area contributed by atoms with Gasteiger partial charge >= 0.3 is 5.97 Å². The van der Waals surface area contributed by atoms with Gasteiger partial charge in [0.2, 0.25) is 6.79 Å². The number of hydrogen-bond acceptors (Lipinski definition) is 7. The van der Waals surface area contributed by atoms with Crippen LogP contribution in [0.5, 0.6) is 17.2 Å². The highest BCUT2D eigenvalue weighted by atomic mass is 16.7. The van der Waals surface area contributed by atoms with E-state index in [1.807, 2.05) is 73.7 Å². The van der Waals surface area contributed by atoms with Crippen molar-refractivity contribution in [3.05, 3.63) is 113 Å². The molecule has 3 aliphatic rings. The number of fused-ring (bicyclic) bond motifs is 1. The van der Waals surface area contributed by atoms with Crippen molar-refractivity contribution >= 4 is 11.8 Å². The lowest BCUT2D eigenvalue weighted by Gasteiger charge is -2.36. The molecule has 0 amide bonds. The zero-order valence-corrected chi connectivity index (χ0v) is 21.6. The van der Waals surface area contributed by atoms with Crippen LogP contribution >= 0.6 is 0 Å². The van der Waals surface area contributed by atoms with Gasteiger partial charge in [-0.3, -0.25) is 4.79 Å². The van der Waals surface area contributed by atoms with Crippen molar-refractivity contribution in [3.63, 3.8) is 0 Å². The topological polar surface area (TPSA) is 83.1 Å². The van der Waals surface area contributed by atoms with Gasteiger partial charge in [-0.1, -0.05) is 54.6 Å². The molecule has 2 atom stereocenters. The Bertz CT molecular complexity index is 1460. The zero-order chi connectivity index (χ0) is 26.8. The van der Waals surface area contributed by atoms with Gasteiger partial charge in [0.05, 0.1) is 5.57 Å². The number of Topliss-reactive ketones (excluding diaryl/α,β-unsaturated/α-hetero) is 1. The van der Waals surface area contributed by atoms with Gasteiger partial charge in [-0.05, 0) is 54.7 Å². The molecule has 39 heavy (non-hydrogen) atoms. The van der Waals surface area contributed by atoms with E-state index in [4.69, 9.17) is 18.9 Å². The maximum absolute atomic E-state index is 13.8. The highest BCUT2D eigenvalue weighted by Crippen LogP contribution is 2.47. The lowest BCUT2D eigenvalue weighted by atomic mass is 9.71. The Morgan fingerprint density at radius 1 is 0.897 bits per heavy atom. The summed E-state index contributed by atoms with van der Waals surface area (Å²) in [6.45, 7) is 2.30. The third-order valence-corrected chi connectivity index (χ3v) is 7.38. The molecule has 1 N–H and O–H groups in total. The number of esters is 1. The van der Waals surface area contributed by atoms with Crippen LogP contribution in [0.4, 0.5) is 0 Å². The van der Waals surface area contributed by atoms with E-state index in [9.17, 15) is 9.59 Å². The van der Waals surface area contributed by atoms with Crippen LogP contribution in [0.15, 0.2) is 101 Å². The molecule has 0 aromatic heterocycles. The van der Waals surface area contributed by atoms with Crippen LogP contribution in [-0.4, -0.2) is 31.8 Å².